The molecule has 30 heavy (non-hydrogen) atoms. The van der Waals surface area contributed by atoms with E-state index in [0.29, 0.717) is 5.69 Å². The van der Waals surface area contributed by atoms with Gasteiger partial charge in [0.1, 0.15) is 10.7 Å². The van der Waals surface area contributed by atoms with Crippen molar-refractivity contribution in [3.05, 3.63) is 96.3 Å². The minimum atomic E-state index is -0.136. The van der Waals surface area contributed by atoms with E-state index in [2.05, 4.69) is 16.1 Å². The third kappa shape index (κ3) is 3.38. The van der Waals surface area contributed by atoms with Crippen molar-refractivity contribution in [2.75, 3.05) is 11.9 Å². The summed E-state index contributed by atoms with van der Waals surface area (Å²) in [5.41, 5.74) is 3.13. The van der Waals surface area contributed by atoms with Crippen LogP contribution in [0.5, 0.6) is 0 Å². The molecule has 6 heteroatoms. The summed E-state index contributed by atoms with van der Waals surface area (Å²) < 4.78 is 1.80. The molecule has 2 aromatic heterocycles. The van der Waals surface area contributed by atoms with Crippen LogP contribution in [-0.2, 0) is 0 Å². The van der Waals surface area contributed by atoms with Gasteiger partial charge in [-0.15, -0.1) is 11.3 Å². The van der Waals surface area contributed by atoms with Gasteiger partial charge >= 0.3 is 0 Å². The number of amides is 1. The molecule has 0 aliphatic carbocycles. The second-order valence-electron chi connectivity index (χ2n) is 6.94. The van der Waals surface area contributed by atoms with Crippen LogP contribution in [0.15, 0.2) is 90.6 Å². The lowest BCUT2D eigenvalue weighted by Gasteiger charge is -2.16. The number of rotatable bonds is 4. The number of benzene rings is 3. The van der Waals surface area contributed by atoms with Gasteiger partial charge in [-0.3, -0.25) is 4.79 Å². The molecule has 0 bridgehead atoms. The van der Waals surface area contributed by atoms with Crippen LogP contribution in [0, 0.1) is 0 Å². The highest BCUT2D eigenvalue weighted by Crippen LogP contribution is 2.27. The molecule has 1 amide bonds. The van der Waals surface area contributed by atoms with Crippen LogP contribution >= 0.6 is 11.3 Å². The molecular weight excluding hydrogens is 392 g/mol. The van der Waals surface area contributed by atoms with Crippen LogP contribution in [0.3, 0.4) is 0 Å². The van der Waals surface area contributed by atoms with E-state index in [0.717, 1.165) is 32.7 Å². The Labute approximate surface area is 177 Å². The Morgan fingerprint density at radius 2 is 1.73 bits per heavy atom. The Bertz CT molecular complexity index is 1340. The van der Waals surface area contributed by atoms with E-state index in [1.165, 1.54) is 11.3 Å². The fourth-order valence-corrected chi connectivity index (χ4v) is 4.10. The lowest BCUT2D eigenvalue weighted by molar-refractivity contribution is 0.0989. The molecule has 0 aliphatic heterocycles. The van der Waals surface area contributed by atoms with Gasteiger partial charge in [0.2, 0.25) is 0 Å². The molecule has 0 radical (unpaired) electrons. The van der Waals surface area contributed by atoms with Crippen molar-refractivity contribution in [3.63, 3.8) is 0 Å². The first-order valence-corrected chi connectivity index (χ1v) is 10.4. The van der Waals surface area contributed by atoms with Gasteiger partial charge in [-0.05, 0) is 35.0 Å². The Balaban J connectivity index is 1.39. The summed E-state index contributed by atoms with van der Waals surface area (Å²) in [6, 6.07) is 24.0. The molecule has 0 unspecified atom stereocenters. The average molecular weight is 411 g/mol. The van der Waals surface area contributed by atoms with E-state index < -0.39 is 0 Å². The molecule has 0 saturated carbocycles. The zero-order valence-electron chi connectivity index (χ0n) is 16.3. The molecular formula is C24H18N4OS. The number of carbonyl (C=O) groups is 1. The number of anilines is 1. The van der Waals surface area contributed by atoms with Gasteiger partial charge in [0.15, 0.2) is 0 Å². The normalized spacial score (nSPS) is 11.0. The lowest BCUT2D eigenvalue weighted by Crippen LogP contribution is -2.26. The Kier molecular flexibility index (Phi) is 4.61. The van der Waals surface area contributed by atoms with E-state index >= 15 is 0 Å². The van der Waals surface area contributed by atoms with Crippen molar-refractivity contribution in [1.82, 2.24) is 14.8 Å². The molecule has 0 atom stereocenters. The van der Waals surface area contributed by atoms with Gasteiger partial charge in [0.05, 0.1) is 11.9 Å². The van der Waals surface area contributed by atoms with Crippen molar-refractivity contribution in [3.8, 4) is 16.3 Å². The standard InChI is InChI=1S/C24H18N4OS/c1-27(21-12-11-17-7-5-6-8-18(17)13-21)24(29)22-16-30-23(26-22)19-14-25-28(15-19)20-9-3-2-4-10-20/h2-16H,1H3. The summed E-state index contributed by atoms with van der Waals surface area (Å²) in [5, 5.41) is 9.23. The number of carbonyl (C=O) groups excluding carboxylic acids is 1. The van der Waals surface area contributed by atoms with Crippen molar-refractivity contribution >= 4 is 33.7 Å². The van der Waals surface area contributed by atoms with Gasteiger partial charge in [-0.1, -0.05) is 48.5 Å². The maximum absolute atomic E-state index is 13.0. The second kappa shape index (κ2) is 7.57. The van der Waals surface area contributed by atoms with E-state index in [1.807, 2.05) is 72.9 Å². The minimum absolute atomic E-state index is 0.136. The fourth-order valence-electron chi connectivity index (χ4n) is 3.33. The van der Waals surface area contributed by atoms with Gasteiger partial charge in [-0.25, -0.2) is 9.67 Å². The van der Waals surface area contributed by atoms with Crippen molar-refractivity contribution in [2.45, 2.75) is 0 Å². The SMILES string of the molecule is CN(C(=O)c1csc(-c2cnn(-c3ccccc3)c2)n1)c1ccc2ccccc2c1. The van der Waals surface area contributed by atoms with Crippen LogP contribution < -0.4 is 4.90 Å². The summed E-state index contributed by atoms with van der Waals surface area (Å²) >= 11 is 1.44. The molecule has 0 aliphatic rings. The topological polar surface area (TPSA) is 51.0 Å². The molecule has 0 saturated heterocycles. The predicted molar refractivity (Wildman–Crippen MR) is 121 cm³/mol. The third-order valence-corrected chi connectivity index (χ3v) is 5.89. The number of thiazole rings is 1. The fraction of sp³-hybridized carbons (Fsp3) is 0.0417. The molecule has 3 aromatic carbocycles. The Hall–Kier alpha value is -3.77. The van der Waals surface area contributed by atoms with Gasteiger partial charge in [0.25, 0.3) is 5.91 Å². The third-order valence-electron chi connectivity index (χ3n) is 5.00. The maximum Gasteiger partial charge on any atom is 0.277 e. The Morgan fingerprint density at radius 1 is 0.967 bits per heavy atom. The zero-order chi connectivity index (χ0) is 20.5. The molecule has 5 nitrogen and oxygen atoms in total. The number of hydrogen-bond donors (Lipinski definition) is 0. The number of fused-ring (bicyclic) bond motifs is 1. The number of nitrogens with zero attached hydrogens (tertiary/aromatic N) is 4. The molecule has 5 rings (SSSR count). The quantitative estimate of drug-likeness (QED) is 0.397. The summed E-state index contributed by atoms with van der Waals surface area (Å²) in [6.45, 7) is 0. The second-order valence-corrected chi connectivity index (χ2v) is 7.80. The first-order valence-electron chi connectivity index (χ1n) is 9.52. The highest BCUT2D eigenvalue weighted by molar-refractivity contribution is 7.13. The Morgan fingerprint density at radius 3 is 2.57 bits per heavy atom. The highest BCUT2D eigenvalue weighted by Gasteiger charge is 2.18. The first-order chi connectivity index (χ1) is 14.7. The van der Waals surface area contributed by atoms with Crippen molar-refractivity contribution in [2.24, 2.45) is 0 Å². The van der Waals surface area contributed by atoms with Gasteiger partial charge < -0.3 is 4.90 Å². The van der Waals surface area contributed by atoms with Crippen LogP contribution in [0.1, 0.15) is 10.5 Å². The smallest absolute Gasteiger partial charge is 0.277 e. The van der Waals surface area contributed by atoms with Crippen LogP contribution in [0.2, 0.25) is 0 Å². The summed E-state index contributed by atoms with van der Waals surface area (Å²) in [7, 11) is 1.78. The average Bonchev–Trinajstić information content (AvgIpc) is 3.48. The molecule has 0 spiro atoms. The van der Waals surface area contributed by atoms with Crippen LogP contribution in [-0.4, -0.2) is 27.7 Å². The molecule has 5 aromatic rings. The maximum atomic E-state index is 13.0. The van der Waals surface area contributed by atoms with Gasteiger partial charge in [0, 0.05) is 29.9 Å². The minimum Gasteiger partial charge on any atom is -0.310 e. The van der Waals surface area contributed by atoms with Gasteiger partial charge in [-0.2, -0.15) is 5.10 Å². The van der Waals surface area contributed by atoms with Crippen molar-refractivity contribution < 1.29 is 4.79 Å². The van der Waals surface area contributed by atoms with Crippen LogP contribution in [0.4, 0.5) is 5.69 Å². The summed E-state index contributed by atoms with van der Waals surface area (Å²) in [5.74, 6) is -0.136. The van der Waals surface area contributed by atoms with E-state index in [-0.39, 0.29) is 5.91 Å². The monoisotopic (exact) mass is 410 g/mol. The summed E-state index contributed by atoms with van der Waals surface area (Å²) in [6.07, 6.45) is 3.70. The van der Waals surface area contributed by atoms with E-state index in [4.69, 9.17) is 0 Å². The largest absolute Gasteiger partial charge is 0.310 e. The molecule has 146 valence electrons. The predicted octanol–water partition coefficient (Wildman–Crippen LogP) is 5.43. The molecule has 0 N–H and O–H groups in total. The highest BCUT2D eigenvalue weighted by atomic mass is 32.1. The zero-order valence-corrected chi connectivity index (χ0v) is 17.1. The molecule has 0 fully saturated rings. The summed E-state index contributed by atoms with van der Waals surface area (Å²) in [4.78, 5) is 19.2. The number of aromatic nitrogens is 3. The van der Waals surface area contributed by atoms with E-state index in [9.17, 15) is 4.79 Å². The molecule has 2 heterocycles. The number of para-hydroxylation sites is 1. The lowest BCUT2D eigenvalue weighted by atomic mass is 10.1. The van der Waals surface area contributed by atoms with Crippen LogP contribution in [0.25, 0.3) is 27.0 Å². The first kappa shape index (κ1) is 18.3. The van der Waals surface area contributed by atoms with E-state index in [1.54, 1.807) is 28.2 Å². The number of hydrogen-bond acceptors (Lipinski definition) is 4. The van der Waals surface area contributed by atoms with Crippen molar-refractivity contribution in [1.29, 1.82) is 0 Å².